The number of esters is 1. The van der Waals surface area contributed by atoms with E-state index in [2.05, 4.69) is 31.2 Å². The van der Waals surface area contributed by atoms with Gasteiger partial charge in [-0.15, -0.1) is 0 Å². The van der Waals surface area contributed by atoms with Crippen LogP contribution in [0.5, 0.6) is 0 Å². The monoisotopic (exact) mass is 532 g/mol. The van der Waals surface area contributed by atoms with Crippen LogP contribution in [0.25, 0.3) is 0 Å². The number of hydrogen-bond donors (Lipinski definition) is 2. The van der Waals surface area contributed by atoms with Gasteiger partial charge in [0.05, 0.1) is 32.0 Å². The molecule has 2 aromatic rings. The Morgan fingerprint density at radius 2 is 2.06 bits per heavy atom. The van der Waals surface area contributed by atoms with E-state index in [9.17, 15) is 18.0 Å². The van der Waals surface area contributed by atoms with Gasteiger partial charge in [-0.25, -0.2) is 27.4 Å². The van der Waals surface area contributed by atoms with Gasteiger partial charge in [-0.2, -0.15) is 0 Å². The van der Waals surface area contributed by atoms with Crippen molar-refractivity contribution in [2.45, 2.75) is 6.04 Å². The third-order valence-electron chi connectivity index (χ3n) is 4.49. The van der Waals surface area contributed by atoms with E-state index in [0.29, 0.717) is 16.1 Å². The molecule has 2 N–H and O–H groups in total. The molecule has 0 radical (unpaired) electrons. The highest BCUT2D eigenvalue weighted by Gasteiger charge is 2.34. The molecule has 0 saturated carbocycles. The zero-order valence-electron chi connectivity index (χ0n) is 16.6. The summed E-state index contributed by atoms with van der Waals surface area (Å²) in [6.45, 7) is -0.294. The number of pyridine rings is 1. The second-order valence-electron chi connectivity index (χ2n) is 6.61. The highest BCUT2D eigenvalue weighted by atomic mass is 79.9. The molecule has 32 heavy (non-hydrogen) atoms. The number of aliphatic imine (C=N–C) groups is 1. The van der Waals surface area contributed by atoms with Crippen LogP contribution in [0.15, 0.2) is 51.2 Å². The van der Waals surface area contributed by atoms with E-state index >= 15 is 0 Å². The number of hydrogen-bond acceptors (Lipinski definition) is 7. The Labute approximate surface area is 194 Å². The molecule has 1 atom stereocenters. The van der Waals surface area contributed by atoms with E-state index in [0.717, 1.165) is 6.20 Å². The first-order valence-electron chi connectivity index (χ1n) is 9.19. The fourth-order valence-electron chi connectivity index (χ4n) is 3.09. The van der Waals surface area contributed by atoms with Crippen molar-refractivity contribution in [1.82, 2.24) is 14.7 Å². The van der Waals surface area contributed by atoms with Gasteiger partial charge in [0.1, 0.15) is 23.4 Å². The number of aliphatic hydroxyl groups excluding tert-OH is 1. The lowest BCUT2D eigenvalue weighted by atomic mass is 9.95. The van der Waals surface area contributed by atoms with E-state index in [1.807, 2.05) is 0 Å². The van der Waals surface area contributed by atoms with Crippen LogP contribution in [0.4, 0.5) is 13.2 Å². The Morgan fingerprint density at radius 1 is 1.31 bits per heavy atom. The van der Waals surface area contributed by atoms with Crippen molar-refractivity contribution in [3.8, 4) is 0 Å². The van der Waals surface area contributed by atoms with Gasteiger partial charge in [-0.1, -0.05) is 22.0 Å². The van der Waals surface area contributed by atoms with E-state index in [1.165, 1.54) is 29.7 Å². The molecule has 0 fully saturated rings. The second-order valence-corrected chi connectivity index (χ2v) is 7.94. The highest BCUT2D eigenvalue weighted by molar-refractivity contribution is 9.10. The van der Waals surface area contributed by atoms with Crippen LogP contribution in [0, 0.1) is 17.5 Å². The fraction of sp³-hybridized carbons (Fsp3) is 0.250. The molecule has 1 aliphatic rings. The van der Waals surface area contributed by atoms with Gasteiger partial charge in [0.15, 0.2) is 11.7 Å². The first kappa shape index (κ1) is 24.2. The van der Waals surface area contributed by atoms with Gasteiger partial charge in [-0.05, 0) is 29.5 Å². The number of carbonyl (C=O) groups is 1. The maximum atomic E-state index is 14.5. The zero-order valence-corrected chi connectivity index (χ0v) is 18.9. The lowest BCUT2D eigenvalue weighted by Crippen LogP contribution is -2.38. The lowest BCUT2D eigenvalue weighted by molar-refractivity contribution is -0.136. The van der Waals surface area contributed by atoms with Crippen molar-refractivity contribution in [1.29, 1.82) is 0 Å². The predicted molar refractivity (Wildman–Crippen MR) is 114 cm³/mol. The van der Waals surface area contributed by atoms with Crippen LogP contribution >= 0.6 is 27.7 Å². The van der Waals surface area contributed by atoms with Gasteiger partial charge in [-0.3, -0.25) is 4.99 Å². The average molecular weight is 534 g/mol. The van der Waals surface area contributed by atoms with Crippen LogP contribution in [0.1, 0.15) is 17.3 Å². The van der Waals surface area contributed by atoms with E-state index in [4.69, 9.17) is 21.6 Å². The molecule has 0 amide bonds. The Bertz CT molecular complexity index is 1100. The molecule has 1 aromatic carbocycles. The van der Waals surface area contributed by atoms with Crippen LogP contribution in [0.3, 0.4) is 0 Å². The first-order chi connectivity index (χ1) is 15.2. The van der Waals surface area contributed by atoms with Gasteiger partial charge in [0.2, 0.25) is 0 Å². The van der Waals surface area contributed by atoms with Crippen molar-refractivity contribution < 1.29 is 27.8 Å². The Balaban J connectivity index is 2.20. The van der Waals surface area contributed by atoms with E-state index in [1.54, 1.807) is 0 Å². The molecule has 0 spiro atoms. The topological polar surface area (TPSA) is 87.0 Å². The van der Waals surface area contributed by atoms with Gasteiger partial charge >= 0.3 is 5.97 Å². The molecule has 170 valence electrons. The summed E-state index contributed by atoms with van der Waals surface area (Å²) in [6, 6.07) is 3.38. The van der Waals surface area contributed by atoms with Crippen molar-refractivity contribution in [2.24, 2.45) is 4.99 Å². The van der Waals surface area contributed by atoms with E-state index in [-0.39, 0.29) is 42.5 Å². The molecule has 0 saturated heterocycles. The van der Waals surface area contributed by atoms with Crippen LogP contribution in [0.2, 0.25) is 0 Å². The Morgan fingerprint density at radius 3 is 2.69 bits per heavy atom. The molecule has 1 aliphatic heterocycles. The number of aromatic nitrogens is 1. The largest absolute Gasteiger partial charge is 0.466 e. The summed E-state index contributed by atoms with van der Waals surface area (Å²) in [5, 5.41) is 12.0. The highest BCUT2D eigenvalue weighted by Crippen LogP contribution is 2.36. The SMILES string of the molecule is COC(=O)C1=C(CN(Cl)CCO)NC(c2ncc(F)cc2F)=NC1c1ccc(F)cc1Br. The first-order valence-corrected chi connectivity index (χ1v) is 10.3. The predicted octanol–water partition coefficient (Wildman–Crippen LogP) is 3.23. The van der Waals surface area contributed by atoms with Crippen molar-refractivity contribution >= 4 is 39.5 Å². The molecular weight excluding hydrogens is 517 g/mol. The quantitative estimate of drug-likeness (QED) is 0.420. The number of amidine groups is 1. The molecule has 0 aliphatic carbocycles. The summed E-state index contributed by atoms with van der Waals surface area (Å²) < 4.78 is 47.9. The number of rotatable bonds is 7. The van der Waals surface area contributed by atoms with Crippen LogP contribution in [-0.4, -0.2) is 53.1 Å². The molecule has 1 unspecified atom stereocenters. The van der Waals surface area contributed by atoms with Crippen molar-refractivity contribution in [2.75, 3.05) is 26.8 Å². The Kier molecular flexibility index (Phi) is 7.88. The normalized spacial score (nSPS) is 16.1. The maximum Gasteiger partial charge on any atom is 0.338 e. The molecular formula is C20H17BrClF3N4O3. The third kappa shape index (κ3) is 5.29. The summed E-state index contributed by atoms with van der Waals surface area (Å²) >= 11 is 9.39. The molecule has 0 bridgehead atoms. The smallest absolute Gasteiger partial charge is 0.338 e. The standard InChI is InChI=1S/C20H17BrClF3N4O3/c1-32-20(31)16-15(9-29(22)4-5-30)27-19(18-14(25)7-11(24)8-26-18)28-17(16)12-3-2-10(23)6-13(12)21/h2-3,6-8,17,30H,4-5,9H2,1H3,(H,27,28). The van der Waals surface area contributed by atoms with Gasteiger partial charge < -0.3 is 15.2 Å². The second kappa shape index (κ2) is 10.4. The minimum absolute atomic E-state index is 0.0367. The number of methoxy groups -OCH3 is 1. The molecule has 12 heteroatoms. The van der Waals surface area contributed by atoms with Crippen LogP contribution in [-0.2, 0) is 9.53 Å². The summed E-state index contributed by atoms with van der Waals surface area (Å²) in [5.41, 5.74) is 0.320. The van der Waals surface area contributed by atoms with Gasteiger partial charge in [0, 0.05) is 22.8 Å². The summed E-state index contributed by atoms with van der Waals surface area (Å²) in [4.78, 5) is 20.9. The zero-order chi connectivity index (χ0) is 23.4. The summed E-state index contributed by atoms with van der Waals surface area (Å²) in [5.74, 6) is -3.23. The Hall–Kier alpha value is -2.47. The number of benzene rings is 1. The number of ether oxygens (including phenoxy) is 1. The molecule has 2 heterocycles. The molecule has 3 rings (SSSR count). The number of nitrogens with one attached hydrogen (secondary N) is 1. The molecule has 7 nitrogen and oxygen atoms in total. The van der Waals surface area contributed by atoms with Crippen LogP contribution < -0.4 is 5.32 Å². The average Bonchev–Trinajstić information content (AvgIpc) is 2.73. The molecule has 1 aromatic heterocycles. The van der Waals surface area contributed by atoms with Crippen molar-refractivity contribution in [3.05, 3.63) is 74.9 Å². The van der Waals surface area contributed by atoms with E-state index < -0.39 is 29.5 Å². The fourth-order valence-corrected chi connectivity index (χ4v) is 3.85. The lowest BCUT2D eigenvalue weighted by Gasteiger charge is -2.29. The van der Waals surface area contributed by atoms with Crippen molar-refractivity contribution in [3.63, 3.8) is 0 Å². The number of carbonyl (C=O) groups excluding carboxylic acids is 1. The van der Waals surface area contributed by atoms with Gasteiger partial charge in [0.25, 0.3) is 0 Å². The summed E-state index contributed by atoms with van der Waals surface area (Å²) in [6.07, 6.45) is 0.824. The number of halogens is 5. The minimum Gasteiger partial charge on any atom is -0.466 e. The minimum atomic E-state index is -1.06. The number of nitrogens with zero attached hydrogens (tertiary/aromatic N) is 3. The third-order valence-corrected chi connectivity index (χ3v) is 5.47. The maximum absolute atomic E-state index is 14.5. The summed E-state index contributed by atoms with van der Waals surface area (Å²) in [7, 11) is 1.18. The number of aliphatic hydroxyl groups is 1.